The summed E-state index contributed by atoms with van der Waals surface area (Å²) in [5, 5.41) is 20.0. The molecule has 0 heterocycles. The Morgan fingerprint density at radius 2 is 1.29 bits per heavy atom. The minimum Gasteiger partial charge on any atom is -0.478 e. The largest absolute Gasteiger partial charge is 0.478 e. The monoisotopic (exact) mass is 618 g/mol. The third-order valence-corrected chi connectivity index (χ3v) is 9.60. The summed E-state index contributed by atoms with van der Waals surface area (Å²) in [5.74, 6) is -2.35. The molecule has 0 amide bonds. The molecule has 2 aromatic rings. The van der Waals surface area contributed by atoms with E-state index in [1.165, 1.54) is 63.5 Å². The van der Waals surface area contributed by atoms with Crippen molar-refractivity contribution < 1.29 is 24.6 Å². The minimum atomic E-state index is -1.08. The van der Waals surface area contributed by atoms with Crippen LogP contribution in [0.2, 0.25) is 0 Å². The molecule has 0 bridgehead atoms. The van der Waals surface area contributed by atoms with Crippen molar-refractivity contribution in [2.45, 2.75) is 89.1 Å². The predicted octanol–water partition coefficient (Wildman–Crippen LogP) is 6.75. The first-order valence-electron chi connectivity index (χ1n) is 15.0. The number of halogens is 2. The Morgan fingerprint density at radius 1 is 0.738 bits per heavy atom. The molecule has 0 saturated heterocycles. The Kier molecular flexibility index (Phi) is 12.0. The SMILES string of the molecule is CN(CCc1cc2c(c(CCN(C)C3CCCCC3)c1C(=O)O)C(=O)c1cc(C(=O)O)ccc1-2)C1CCCCC1.Cl.Cl. The molecule has 0 atom stereocenters. The summed E-state index contributed by atoms with van der Waals surface area (Å²) in [4.78, 5) is 43.0. The van der Waals surface area contributed by atoms with Crippen LogP contribution in [0.5, 0.6) is 0 Å². The second kappa shape index (κ2) is 14.8. The van der Waals surface area contributed by atoms with Crippen LogP contribution in [-0.4, -0.2) is 77.0 Å². The lowest BCUT2D eigenvalue weighted by Gasteiger charge is -2.32. The fraction of sp³-hybridized carbons (Fsp3) is 0.545. The molecule has 5 rings (SSSR count). The Labute approximate surface area is 261 Å². The van der Waals surface area contributed by atoms with E-state index in [-0.39, 0.29) is 41.7 Å². The lowest BCUT2D eigenvalue weighted by atomic mass is 9.87. The van der Waals surface area contributed by atoms with Gasteiger partial charge in [0.1, 0.15) is 0 Å². The highest BCUT2D eigenvalue weighted by Crippen LogP contribution is 2.42. The van der Waals surface area contributed by atoms with E-state index in [1.54, 1.807) is 6.07 Å². The average Bonchev–Trinajstić information content (AvgIpc) is 3.25. The van der Waals surface area contributed by atoms with Gasteiger partial charge in [0.25, 0.3) is 0 Å². The van der Waals surface area contributed by atoms with Crippen LogP contribution in [0.1, 0.15) is 112 Å². The summed E-state index contributed by atoms with van der Waals surface area (Å²) in [7, 11) is 4.24. The van der Waals surface area contributed by atoms with E-state index in [9.17, 15) is 24.6 Å². The Morgan fingerprint density at radius 3 is 1.81 bits per heavy atom. The Balaban J connectivity index is 0.00000242. The lowest BCUT2D eigenvalue weighted by molar-refractivity contribution is 0.0684. The number of nitrogens with zero attached hydrogens (tertiary/aromatic N) is 2. The fourth-order valence-corrected chi connectivity index (χ4v) is 7.21. The third-order valence-electron chi connectivity index (χ3n) is 9.60. The van der Waals surface area contributed by atoms with E-state index < -0.39 is 11.9 Å². The third kappa shape index (κ3) is 7.02. The van der Waals surface area contributed by atoms with Gasteiger partial charge in [0.15, 0.2) is 5.78 Å². The maximum absolute atomic E-state index is 13.8. The van der Waals surface area contributed by atoms with Crippen LogP contribution in [0.4, 0.5) is 0 Å². The molecule has 230 valence electrons. The molecule has 9 heteroatoms. The summed E-state index contributed by atoms with van der Waals surface area (Å²) < 4.78 is 0. The number of likely N-dealkylation sites (N-methyl/N-ethyl adjacent to an activating group) is 2. The number of carbonyl (C=O) groups is 3. The van der Waals surface area contributed by atoms with E-state index in [1.807, 2.05) is 6.07 Å². The first-order chi connectivity index (χ1) is 19.3. The molecule has 2 fully saturated rings. The van der Waals surface area contributed by atoms with Gasteiger partial charge in [-0.15, -0.1) is 24.8 Å². The number of carboxylic acid groups (broad SMARTS) is 2. The molecule has 42 heavy (non-hydrogen) atoms. The van der Waals surface area contributed by atoms with E-state index in [0.717, 1.165) is 30.5 Å². The van der Waals surface area contributed by atoms with Crippen molar-refractivity contribution in [2.24, 2.45) is 0 Å². The van der Waals surface area contributed by atoms with E-state index in [0.29, 0.717) is 53.7 Å². The van der Waals surface area contributed by atoms with Crippen LogP contribution in [0.25, 0.3) is 11.1 Å². The van der Waals surface area contributed by atoms with Crippen molar-refractivity contribution in [3.8, 4) is 11.1 Å². The van der Waals surface area contributed by atoms with Crippen LogP contribution in [0.3, 0.4) is 0 Å². The van der Waals surface area contributed by atoms with Gasteiger partial charge in [-0.05, 0) is 93.1 Å². The smallest absolute Gasteiger partial charge is 0.336 e. The standard InChI is InChI=1S/C33H42N2O5.2ClH/c1-34(23-9-5-3-6-10-23)17-15-21-19-27-25-14-13-22(32(37)38)20-28(25)31(36)30(27)26(29(21)33(39)40)16-18-35(2)24-11-7-4-8-12-24;;/h13-14,19-20,23-24H,3-12,15-18H2,1-2H3,(H,37,38)(H,39,40);2*1H. The predicted molar refractivity (Wildman–Crippen MR) is 170 cm³/mol. The number of hydrogen-bond donors (Lipinski definition) is 2. The topological polar surface area (TPSA) is 98.2 Å². The summed E-state index contributed by atoms with van der Waals surface area (Å²) in [6, 6.07) is 7.58. The summed E-state index contributed by atoms with van der Waals surface area (Å²) in [6.07, 6.45) is 13.2. The maximum atomic E-state index is 13.8. The van der Waals surface area contributed by atoms with Crippen molar-refractivity contribution in [3.63, 3.8) is 0 Å². The van der Waals surface area contributed by atoms with Gasteiger partial charge in [-0.1, -0.05) is 44.6 Å². The summed E-state index contributed by atoms with van der Waals surface area (Å²) in [6.45, 7) is 1.43. The molecule has 2 N–H and O–H groups in total. The number of carboxylic acids is 2. The molecule has 2 saturated carbocycles. The highest BCUT2D eigenvalue weighted by atomic mass is 35.5. The van der Waals surface area contributed by atoms with Gasteiger partial charge in [-0.3, -0.25) is 4.79 Å². The molecule has 0 radical (unpaired) electrons. The first kappa shape index (κ1) is 34.0. The van der Waals surface area contributed by atoms with Crippen LogP contribution in [0, 0.1) is 0 Å². The maximum Gasteiger partial charge on any atom is 0.336 e. The number of ketones is 1. The first-order valence-corrected chi connectivity index (χ1v) is 15.0. The van der Waals surface area contributed by atoms with Crippen LogP contribution in [-0.2, 0) is 12.8 Å². The van der Waals surface area contributed by atoms with Crippen LogP contribution >= 0.6 is 24.8 Å². The summed E-state index contributed by atoms with van der Waals surface area (Å²) in [5.41, 5.74) is 3.91. The molecule has 0 spiro atoms. The minimum absolute atomic E-state index is 0. The molecular formula is C33H44Cl2N2O5. The van der Waals surface area contributed by atoms with Crippen molar-refractivity contribution >= 4 is 42.5 Å². The van der Waals surface area contributed by atoms with Crippen molar-refractivity contribution in [1.29, 1.82) is 0 Å². The molecule has 3 aliphatic carbocycles. The van der Waals surface area contributed by atoms with Gasteiger partial charge < -0.3 is 20.0 Å². The van der Waals surface area contributed by atoms with Gasteiger partial charge in [0.05, 0.1) is 11.1 Å². The zero-order chi connectivity index (χ0) is 28.4. The number of fused-ring (bicyclic) bond motifs is 3. The second-order valence-electron chi connectivity index (χ2n) is 12.1. The molecule has 3 aliphatic rings. The van der Waals surface area contributed by atoms with Crippen LogP contribution in [0.15, 0.2) is 24.3 Å². The van der Waals surface area contributed by atoms with E-state index in [2.05, 4.69) is 23.9 Å². The van der Waals surface area contributed by atoms with Gasteiger partial charge >= 0.3 is 11.9 Å². The normalized spacial score (nSPS) is 17.0. The zero-order valence-corrected chi connectivity index (χ0v) is 26.3. The number of carbonyl (C=O) groups excluding carboxylic acids is 1. The second-order valence-corrected chi connectivity index (χ2v) is 12.1. The quantitative estimate of drug-likeness (QED) is 0.259. The van der Waals surface area contributed by atoms with Crippen molar-refractivity contribution in [3.05, 3.63) is 57.6 Å². The molecular weight excluding hydrogens is 575 g/mol. The Bertz CT molecular complexity index is 1300. The Hall–Kier alpha value is -2.45. The van der Waals surface area contributed by atoms with Gasteiger partial charge in [0, 0.05) is 36.3 Å². The van der Waals surface area contributed by atoms with Gasteiger partial charge in [-0.2, -0.15) is 0 Å². The number of rotatable bonds is 10. The van der Waals surface area contributed by atoms with Crippen molar-refractivity contribution in [2.75, 3.05) is 27.2 Å². The summed E-state index contributed by atoms with van der Waals surface area (Å²) >= 11 is 0. The highest BCUT2D eigenvalue weighted by molar-refractivity contribution is 6.24. The molecule has 0 aromatic heterocycles. The fourth-order valence-electron chi connectivity index (χ4n) is 7.21. The molecule has 0 unspecified atom stereocenters. The van der Waals surface area contributed by atoms with Crippen LogP contribution < -0.4 is 0 Å². The zero-order valence-electron chi connectivity index (χ0n) is 24.7. The average molecular weight is 620 g/mol. The lowest BCUT2D eigenvalue weighted by Crippen LogP contribution is -2.35. The molecule has 0 aliphatic heterocycles. The van der Waals surface area contributed by atoms with E-state index >= 15 is 0 Å². The molecule has 7 nitrogen and oxygen atoms in total. The number of aromatic carboxylic acids is 2. The number of benzene rings is 2. The van der Waals surface area contributed by atoms with Crippen molar-refractivity contribution in [1.82, 2.24) is 9.80 Å². The molecule has 2 aromatic carbocycles. The van der Waals surface area contributed by atoms with E-state index in [4.69, 9.17) is 0 Å². The highest BCUT2D eigenvalue weighted by Gasteiger charge is 2.34. The number of hydrogen-bond acceptors (Lipinski definition) is 5. The van der Waals surface area contributed by atoms with Gasteiger partial charge in [-0.25, -0.2) is 9.59 Å². The van der Waals surface area contributed by atoms with Gasteiger partial charge in [0.2, 0.25) is 0 Å².